The highest BCUT2D eigenvalue weighted by molar-refractivity contribution is 5.95. The number of amides is 1. The van der Waals surface area contributed by atoms with Crippen molar-refractivity contribution in [3.8, 4) is 11.3 Å². The second-order valence-corrected chi connectivity index (χ2v) is 10.4. The molecule has 0 radical (unpaired) electrons. The highest BCUT2D eigenvalue weighted by Gasteiger charge is 2.49. The minimum atomic E-state index is -0.209. The summed E-state index contributed by atoms with van der Waals surface area (Å²) in [5.41, 5.74) is 2.63. The van der Waals surface area contributed by atoms with Crippen LogP contribution in [0.15, 0.2) is 36.4 Å². The lowest BCUT2D eigenvalue weighted by Gasteiger charge is -2.51. The number of nitrogens with zero attached hydrogens (tertiary/aromatic N) is 5. The zero-order chi connectivity index (χ0) is 26.3. The summed E-state index contributed by atoms with van der Waals surface area (Å²) in [7, 11) is 3.39. The Morgan fingerprint density at radius 1 is 1.13 bits per heavy atom. The van der Waals surface area contributed by atoms with Gasteiger partial charge in [0.05, 0.1) is 55.2 Å². The Labute approximate surface area is 222 Å². The van der Waals surface area contributed by atoms with Gasteiger partial charge in [-0.15, -0.1) is 0 Å². The Hall–Kier alpha value is -3.34. The summed E-state index contributed by atoms with van der Waals surface area (Å²) in [6.07, 6.45) is 2.00. The lowest BCUT2D eigenvalue weighted by Crippen LogP contribution is -2.61. The van der Waals surface area contributed by atoms with Crippen LogP contribution in [0.2, 0.25) is 0 Å². The van der Waals surface area contributed by atoms with E-state index in [9.17, 15) is 4.79 Å². The Balaban J connectivity index is 1.41. The Bertz CT molecular complexity index is 1340. The van der Waals surface area contributed by atoms with Crippen LogP contribution in [0, 0.1) is 0 Å². The summed E-state index contributed by atoms with van der Waals surface area (Å²) in [5.74, 6) is 1.41. The zero-order valence-electron chi connectivity index (χ0n) is 22.1. The molecule has 2 aromatic heterocycles. The van der Waals surface area contributed by atoms with Crippen molar-refractivity contribution < 1.29 is 19.0 Å². The molecule has 3 fully saturated rings. The van der Waals surface area contributed by atoms with Crippen molar-refractivity contribution in [1.29, 1.82) is 0 Å². The van der Waals surface area contributed by atoms with E-state index in [2.05, 4.69) is 22.0 Å². The molecule has 1 aliphatic carbocycles. The zero-order valence-corrected chi connectivity index (χ0v) is 22.1. The lowest BCUT2D eigenvalue weighted by molar-refractivity contribution is -0.168. The minimum absolute atomic E-state index is 0.131. The van der Waals surface area contributed by atoms with E-state index < -0.39 is 0 Å². The average molecular weight is 519 g/mol. The number of rotatable bonds is 5. The number of morpholine rings is 2. The van der Waals surface area contributed by atoms with Crippen LogP contribution >= 0.6 is 0 Å². The van der Waals surface area contributed by atoms with Crippen LogP contribution in [0.25, 0.3) is 22.3 Å². The van der Waals surface area contributed by atoms with E-state index in [1.807, 2.05) is 30.3 Å². The van der Waals surface area contributed by atoms with Gasteiger partial charge >= 0.3 is 0 Å². The molecule has 10 heteroatoms. The smallest absolute Gasteiger partial charge is 0.251 e. The highest BCUT2D eigenvalue weighted by Crippen LogP contribution is 2.41. The van der Waals surface area contributed by atoms with Crippen LogP contribution in [0.4, 0.5) is 11.8 Å². The Morgan fingerprint density at radius 3 is 2.79 bits per heavy atom. The van der Waals surface area contributed by atoms with Crippen molar-refractivity contribution in [3.05, 3.63) is 42.0 Å². The number of hydrogen-bond acceptors (Lipinski definition) is 9. The van der Waals surface area contributed by atoms with Crippen molar-refractivity contribution in [2.24, 2.45) is 0 Å². The maximum atomic E-state index is 12.2. The second kappa shape index (κ2) is 10.1. The molecule has 6 rings (SSSR count). The Kier molecular flexibility index (Phi) is 6.63. The molecule has 0 bridgehead atoms. The van der Waals surface area contributed by atoms with E-state index in [1.165, 1.54) is 0 Å². The molecule has 0 unspecified atom stereocenters. The second-order valence-electron chi connectivity index (χ2n) is 10.4. The number of methoxy groups -OCH3 is 1. The molecular weight excluding hydrogens is 484 g/mol. The molecule has 200 valence electrons. The number of fused-ring (bicyclic) bond motifs is 1. The van der Waals surface area contributed by atoms with E-state index in [4.69, 9.17) is 29.2 Å². The molecule has 2 saturated heterocycles. The maximum absolute atomic E-state index is 12.2. The predicted molar refractivity (Wildman–Crippen MR) is 145 cm³/mol. The lowest BCUT2D eigenvalue weighted by atomic mass is 9.76. The number of carbonyl (C=O) groups excluding carboxylic acids is 1. The molecule has 1 aromatic carbocycles. The third-order valence-corrected chi connectivity index (χ3v) is 7.88. The molecule has 1 N–H and O–H groups in total. The van der Waals surface area contributed by atoms with Crippen molar-refractivity contribution in [2.45, 2.75) is 37.5 Å². The molecule has 1 atom stereocenters. The van der Waals surface area contributed by atoms with Crippen LogP contribution < -0.4 is 15.1 Å². The maximum Gasteiger partial charge on any atom is 0.251 e. The van der Waals surface area contributed by atoms with Gasteiger partial charge in [-0.05, 0) is 31.2 Å². The average Bonchev–Trinajstić information content (AvgIpc) is 2.95. The van der Waals surface area contributed by atoms with Crippen LogP contribution in [0.1, 0.15) is 30.1 Å². The van der Waals surface area contributed by atoms with Gasteiger partial charge in [-0.1, -0.05) is 12.1 Å². The summed E-state index contributed by atoms with van der Waals surface area (Å²) >= 11 is 0. The van der Waals surface area contributed by atoms with Crippen LogP contribution in [-0.2, 0) is 14.2 Å². The molecule has 4 heterocycles. The fraction of sp³-hybridized carbons (Fsp3) is 0.500. The number of carbonyl (C=O) groups is 1. The van der Waals surface area contributed by atoms with Crippen LogP contribution in [0.5, 0.6) is 0 Å². The first-order valence-electron chi connectivity index (χ1n) is 13.3. The topological polar surface area (TPSA) is 102 Å². The van der Waals surface area contributed by atoms with E-state index in [-0.39, 0.29) is 23.7 Å². The van der Waals surface area contributed by atoms with E-state index in [0.717, 1.165) is 54.9 Å². The van der Waals surface area contributed by atoms with Gasteiger partial charge in [0, 0.05) is 51.2 Å². The molecule has 3 aliphatic rings. The van der Waals surface area contributed by atoms with Gasteiger partial charge in [-0.2, -0.15) is 9.97 Å². The number of aromatic nitrogens is 3. The standard InChI is InChI=1S/C28H34N6O4/c1-18-16-37-11-10-34(18)25-22-7-8-23(19-5-4-6-20(13-19)26(35)29-2)30-24(22)31-27(32-25)33-9-12-38-28(17-33)14-21(15-28)36-3/h4-8,13,18,21H,9-12,14-17H2,1-3H3,(H,29,35)/t18-,21-,28+/m0/s1. The van der Waals surface area contributed by atoms with Gasteiger partial charge in [0.1, 0.15) is 5.82 Å². The highest BCUT2D eigenvalue weighted by atomic mass is 16.5. The Morgan fingerprint density at radius 2 is 2.00 bits per heavy atom. The summed E-state index contributed by atoms with van der Waals surface area (Å²) < 4.78 is 17.4. The van der Waals surface area contributed by atoms with E-state index >= 15 is 0 Å². The van der Waals surface area contributed by atoms with Gasteiger partial charge in [-0.3, -0.25) is 4.79 Å². The fourth-order valence-electron chi connectivity index (χ4n) is 5.71. The number of benzene rings is 1. The third-order valence-electron chi connectivity index (χ3n) is 7.88. The first-order chi connectivity index (χ1) is 18.5. The molecule has 2 aliphatic heterocycles. The molecule has 1 spiro atoms. The molecule has 10 nitrogen and oxygen atoms in total. The van der Waals surface area contributed by atoms with E-state index in [0.29, 0.717) is 37.0 Å². The number of hydrogen-bond donors (Lipinski definition) is 1. The van der Waals surface area contributed by atoms with Gasteiger partial charge < -0.3 is 29.3 Å². The fourth-order valence-corrected chi connectivity index (χ4v) is 5.71. The number of ether oxygens (including phenoxy) is 3. The number of nitrogens with one attached hydrogen (secondary N) is 1. The van der Waals surface area contributed by atoms with Crippen molar-refractivity contribution >= 4 is 28.7 Å². The molecule has 38 heavy (non-hydrogen) atoms. The molecule has 3 aromatic rings. The van der Waals surface area contributed by atoms with Gasteiger partial charge in [-0.25, -0.2) is 4.98 Å². The SMILES string of the molecule is CNC(=O)c1cccc(-c2ccc3c(N4CCOC[C@@H]4C)nc(N4CCO[C@]5(C4)C[C@H](OC)C5)nc3n2)c1. The van der Waals surface area contributed by atoms with E-state index in [1.54, 1.807) is 20.2 Å². The van der Waals surface area contributed by atoms with Crippen LogP contribution in [0.3, 0.4) is 0 Å². The van der Waals surface area contributed by atoms with Crippen molar-refractivity contribution in [3.63, 3.8) is 0 Å². The first kappa shape index (κ1) is 25.0. The van der Waals surface area contributed by atoms with Crippen LogP contribution in [-0.4, -0.2) is 92.2 Å². The summed E-state index contributed by atoms with van der Waals surface area (Å²) in [6, 6.07) is 11.7. The molecular formula is C28H34N6O4. The third kappa shape index (κ3) is 4.57. The van der Waals surface area contributed by atoms with Gasteiger partial charge in [0.2, 0.25) is 5.95 Å². The number of anilines is 2. The first-order valence-corrected chi connectivity index (χ1v) is 13.3. The predicted octanol–water partition coefficient (Wildman–Crippen LogP) is 2.66. The quantitative estimate of drug-likeness (QED) is 0.546. The van der Waals surface area contributed by atoms with Gasteiger partial charge in [0.15, 0.2) is 5.65 Å². The van der Waals surface area contributed by atoms with Gasteiger partial charge in [0.25, 0.3) is 5.91 Å². The number of pyridine rings is 1. The molecule has 1 saturated carbocycles. The molecule has 1 amide bonds. The van der Waals surface area contributed by atoms with Crippen molar-refractivity contribution in [1.82, 2.24) is 20.3 Å². The largest absolute Gasteiger partial charge is 0.381 e. The van der Waals surface area contributed by atoms with Crippen molar-refractivity contribution in [2.75, 3.05) is 63.4 Å². The summed E-state index contributed by atoms with van der Waals surface area (Å²) in [6.45, 7) is 6.29. The normalized spacial score (nSPS) is 25.4. The monoisotopic (exact) mass is 518 g/mol. The summed E-state index contributed by atoms with van der Waals surface area (Å²) in [5, 5.41) is 3.59. The summed E-state index contributed by atoms with van der Waals surface area (Å²) in [4.78, 5) is 31.8. The minimum Gasteiger partial charge on any atom is -0.381 e.